The van der Waals surface area contributed by atoms with Crippen LogP contribution < -0.4 is 9.47 Å². The van der Waals surface area contributed by atoms with E-state index in [0.717, 1.165) is 37.4 Å². The van der Waals surface area contributed by atoms with Crippen LogP contribution in [0.25, 0.3) is 0 Å². The molecule has 1 aliphatic carbocycles. The van der Waals surface area contributed by atoms with Gasteiger partial charge in [-0.1, -0.05) is 38.5 Å². The Morgan fingerprint density at radius 1 is 0.853 bits per heavy atom. The van der Waals surface area contributed by atoms with Gasteiger partial charge in [-0.15, -0.1) is 0 Å². The number of esters is 2. The molecule has 5 heteroatoms. The van der Waals surface area contributed by atoms with Crippen LogP contribution in [0.15, 0.2) is 61.2 Å². The largest absolute Gasteiger partial charge is 0.494 e. The summed E-state index contributed by atoms with van der Waals surface area (Å²) >= 11 is 0. The van der Waals surface area contributed by atoms with E-state index in [1.807, 2.05) is 12.1 Å². The van der Waals surface area contributed by atoms with Gasteiger partial charge in [-0.2, -0.15) is 0 Å². The van der Waals surface area contributed by atoms with E-state index in [-0.39, 0.29) is 11.9 Å². The highest BCUT2D eigenvalue weighted by Gasteiger charge is 2.19. The lowest BCUT2D eigenvalue weighted by Crippen LogP contribution is -2.11. The van der Waals surface area contributed by atoms with Crippen molar-refractivity contribution in [2.75, 3.05) is 13.2 Å². The fourth-order valence-electron chi connectivity index (χ4n) is 4.23. The lowest BCUT2D eigenvalue weighted by atomic mass is 9.79. The minimum Gasteiger partial charge on any atom is -0.494 e. The van der Waals surface area contributed by atoms with Gasteiger partial charge in [0.05, 0.1) is 18.8 Å². The second-order valence-corrected chi connectivity index (χ2v) is 9.07. The van der Waals surface area contributed by atoms with E-state index in [4.69, 9.17) is 14.2 Å². The average molecular weight is 465 g/mol. The molecule has 1 aliphatic rings. The van der Waals surface area contributed by atoms with Crippen molar-refractivity contribution >= 4 is 11.9 Å². The average Bonchev–Trinajstić information content (AvgIpc) is 2.86. The van der Waals surface area contributed by atoms with Crippen molar-refractivity contribution < 1.29 is 23.8 Å². The summed E-state index contributed by atoms with van der Waals surface area (Å²) in [5.74, 6) is 2.00. The van der Waals surface area contributed by atoms with Crippen molar-refractivity contribution in [3.8, 4) is 11.5 Å². The predicted octanol–water partition coefficient (Wildman–Crippen LogP) is 6.87. The van der Waals surface area contributed by atoms with E-state index in [0.29, 0.717) is 30.4 Å². The maximum atomic E-state index is 12.5. The van der Waals surface area contributed by atoms with Gasteiger partial charge < -0.3 is 14.2 Å². The Kier molecular flexibility index (Phi) is 10.2. The van der Waals surface area contributed by atoms with Gasteiger partial charge in [0.25, 0.3) is 0 Å². The highest BCUT2D eigenvalue weighted by Crippen LogP contribution is 2.36. The molecule has 0 N–H and O–H groups in total. The van der Waals surface area contributed by atoms with Crippen molar-refractivity contribution in [1.29, 1.82) is 0 Å². The lowest BCUT2D eigenvalue weighted by molar-refractivity contribution is -0.137. The number of carbonyl (C=O) groups excluding carboxylic acids is 2. The number of benzene rings is 2. The van der Waals surface area contributed by atoms with Crippen LogP contribution in [0.1, 0.15) is 80.1 Å². The first-order valence-corrected chi connectivity index (χ1v) is 12.4. The Morgan fingerprint density at radius 3 is 2.12 bits per heavy atom. The molecule has 2 aromatic carbocycles. The molecule has 0 atom stereocenters. The van der Waals surface area contributed by atoms with Crippen molar-refractivity contribution in [1.82, 2.24) is 0 Å². The number of ether oxygens (including phenoxy) is 3. The summed E-state index contributed by atoms with van der Waals surface area (Å²) in [5, 5.41) is 0. The summed E-state index contributed by atoms with van der Waals surface area (Å²) in [6.07, 6.45) is 9.94. The third kappa shape index (κ3) is 8.36. The number of carbonyl (C=O) groups is 2. The molecular formula is C29H36O5. The molecule has 0 aromatic heterocycles. The molecule has 0 aliphatic heterocycles. The summed E-state index contributed by atoms with van der Waals surface area (Å²) in [7, 11) is 0. The molecule has 1 fully saturated rings. The maximum absolute atomic E-state index is 12.5. The number of hydrogen-bond acceptors (Lipinski definition) is 5. The number of rotatable bonds is 12. The monoisotopic (exact) mass is 464 g/mol. The van der Waals surface area contributed by atoms with Crippen LogP contribution in [0.3, 0.4) is 0 Å². The van der Waals surface area contributed by atoms with E-state index in [1.165, 1.54) is 37.3 Å². The minimum absolute atomic E-state index is 0.372. The third-order valence-electron chi connectivity index (χ3n) is 6.39. The molecule has 0 saturated heterocycles. The zero-order valence-corrected chi connectivity index (χ0v) is 20.2. The Hall–Kier alpha value is -3.08. The molecule has 0 bridgehead atoms. The first-order chi connectivity index (χ1) is 16.5. The van der Waals surface area contributed by atoms with Crippen LogP contribution in [0.5, 0.6) is 11.5 Å². The Bertz CT molecular complexity index is 909. The maximum Gasteiger partial charge on any atom is 0.343 e. The fourth-order valence-corrected chi connectivity index (χ4v) is 4.23. The molecule has 0 amide bonds. The molecule has 0 heterocycles. The predicted molar refractivity (Wildman–Crippen MR) is 133 cm³/mol. The van der Waals surface area contributed by atoms with Gasteiger partial charge in [-0.05, 0) is 92.3 Å². The molecule has 34 heavy (non-hydrogen) atoms. The fraction of sp³-hybridized carbons (Fsp3) is 0.448. The number of hydrogen-bond donors (Lipinski definition) is 0. The van der Waals surface area contributed by atoms with Crippen LogP contribution in [0.2, 0.25) is 0 Å². The van der Waals surface area contributed by atoms with E-state index < -0.39 is 0 Å². The van der Waals surface area contributed by atoms with E-state index in [9.17, 15) is 9.59 Å². The summed E-state index contributed by atoms with van der Waals surface area (Å²) in [4.78, 5) is 23.4. The highest BCUT2D eigenvalue weighted by atomic mass is 16.5. The summed E-state index contributed by atoms with van der Waals surface area (Å²) < 4.78 is 16.2. The van der Waals surface area contributed by atoms with Crippen LogP contribution in [0.4, 0.5) is 0 Å². The van der Waals surface area contributed by atoms with Gasteiger partial charge in [-0.25, -0.2) is 9.59 Å². The summed E-state index contributed by atoms with van der Waals surface area (Å²) in [6.45, 7) is 6.72. The smallest absolute Gasteiger partial charge is 0.343 e. The van der Waals surface area contributed by atoms with Crippen molar-refractivity contribution in [3.05, 3.63) is 72.3 Å². The normalized spacial score (nSPS) is 17.6. The SMILES string of the molecule is C=CC(=O)OCCCCCCOc1ccc(C(=O)Oc2ccc([C@H]3CC[C@@H](C)CC3)cc2)cc1. The molecular weight excluding hydrogens is 428 g/mol. The molecule has 0 radical (unpaired) electrons. The Morgan fingerprint density at radius 2 is 1.47 bits per heavy atom. The van der Waals surface area contributed by atoms with Gasteiger partial charge in [0, 0.05) is 6.08 Å². The quantitative estimate of drug-likeness (QED) is 0.148. The van der Waals surface area contributed by atoms with Crippen LogP contribution >= 0.6 is 0 Å². The Labute approximate surface area is 203 Å². The van der Waals surface area contributed by atoms with Crippen molar-refractivity contribution in [3.63, 3.8) is 0 Å². The van der Waals surface area contributed by atoms with Crippen molar-refractivity contribution in [2.24, 2.45) is 5.92 Å². The van der Waals surface area contributed by atoms with Crippen LogP contribution in [-0.4, -0.2) is 25.2 Å². The Balaban J connectivity index is 1.35. The number of unbranched alkanes of at least 4 members (excludes halogenated alkanes) is 3. The van der Waals surface area contributed by atoms with Crippen LogP contribution in [0, 0.1) is 5.92 Å². The molecule has 3 rings (SSSR count). The second kappa shape index (κ2) is 13.6. The second-order valence-electron chi connectivity index (χ2n) is 9.07. The van der Waals surface area contributed by atoms with Crippen molar-refractivity contribution in [2.45, 2.75) is 64.2 Å². The zero-order valence-electron chi connectivity index (χ0n) is 20.2. The first kappa shape index (κ1) is 25.5. The highest BCUT2D eigenvalue weighted by molar-refractivity contribution is 5.91. The molecule has 5 nitrogen and oxygen atoms in total. The molecule has 0 unspecified atom stereocenters. The van der Waals surface area contributed by atoms with Gasteiger partial charge >= 0.3 is 11.9 Å². The van der Waals surface area contributed by atoms with E-state index >= 15 is 0 Å². The van der Waals surface area contributed by atoms with Gasteiger partial charge in [0.15, 0.2) is 0 Å². The van der Waals surface area contributed by atoms with Gasteiger partial charge in [0.1, 0.15) is 11.5 Å². The topological polar surface area (TPSA) is 61.8 Å². The minimum atomic E-state index is -0.377. The molecule has 2 aromatic rings. The zero-order chi connectivity index (χ0) is 24.2. The van der Waals surface area contributed by atoms with Gasteiger partial charge in [0.2, 0.25) is 0 Å². The standard InChI is InChI=1S/C29H36O5/c1-3-28(30)33-21-7-5-4-6-20-32-26-16-14-25(15-17-26)29(31)34-27-18-12-24(13-19-27)23-10-8-22(2)9-11-23/h3,12-19,22-23H,1,4-11,20-21H2,2H3/t22-,23+. The van der Waals surface area contributed by atoms with Gasteiger partial charge in [-0.3, -0.25) is 0 Å². The van der Waals surface area contributed by atoms with E-state index in [1.54, 1.807) is 24.3 Å². The first-order valence-electron chi connectivity index (χ1n) is 12.4. The molecule has 182 valence electrons. The van der Waals surface area contributed by atoms with Crippen LogP contribution in [-0.2, 0) is 9.53 Å². The third-order valence-corrected chi connectivity index (χ3v) is 6.39. The summed E-state index contributed by atoms with van der Waals surface area (Å²) in [6, 6.07) is 15.0. The molecule has 1 saturated carbocycles. The lowest BCUT2D eigenvalue weighted by Gasteiger charge is -2.26. The summed E-state index contributed by atoms with van der Waals surface area (Å²) in [5.41, 5.74) is 1.83. The van der Waals surface area contributed by atoms with E-state index in [2.05, 4.69) is 25.6 Å². The molecule has 0 spiro atoms.